The molecule has 27 heavy (non-hydrogen) atoms. The molecule has 0 bridgehead atoms. The number of nitrogens with one attached hydrogen (secondary N) is 1. The molecule has 0 aliphatic heterocycles. The molecule has 0 aliphatic rings. The van der Waals surface area contributed by atoms with Crippen molar-refractivity contribution in [1.29, 1.82) is 0 Å². The van der Waals surface area contributed by atoms with Gasteiger partial charge < -0.3 is 0 Å². The van der Waals surface area contributed by atoms with Gasteiger partial charge in [-0.1, -0.05) is 17.3 Å². The number of thiazole rings is 1. The Hall–Kier alpha value is -3.06. The van der Waals surface area contributed by atoms with Crippen LogP contribution in [-0.2, 0) is 6.54 Å². The normalized spacial score (nSPS) is 11.1. The molecular weight excluding hydrogens is 358 g/mol. The molecule has 2 aromatic carbocycles. The van der Waals surface area contributed by atoms with Crippen LogP contribution in [0.2, 0.25) is 0 Å². The highest BCUT2D eigenvalue weighted by Gasteiger charge is 2.13. The highest BCUT2D eigenvalue weighted by atomic mass is 32.1. The first-order valence-corrected chi connectivity index (χ1v) is 9.61. The van der Waals surface area contributed by atoms with Crippen LogP contribution in [0.25, 0.3) is 22.3 Å². The first-order chi connectivity index (χ1) is 13.0. The Morgan fingerprint density at radius 2 is 2.00 bits per heavy atom. The lowest BCUT2D eigenvalue weighted by Crippen LogP contribution is -2.11. The third kappa shape index (κ3) is 3.33. The van der Waals surface area contributed by atoms with Crippen molar-refractivity contribution in [2.24, 2.45) is 0 Å². The molecule has 1 N–H and O–H groups in total. The maximum atomic E-state index is 12.6. The number of carbonyl (C=O) groups is 1. The topological polar surface area (TPSA) is 72.7 Å². The minimum Gasteiger partial charge on any atom is -0.298 e. The summed E-state index contributed by atoms with van der Waals surface area (Å²) in [5.41, 5.74) is 6.54. The standard InChI is InChI=1S/C20H19N5OS/c1-4-25-18-8-7-15(10-16(18)23-24-25)19(26)22-20-21-17(11-27-20)14-6-5-12(2)13(3)9-14/h5-11H,4H2,1-3H3,(H,21,22,26). The highest BCUT2D eigenvalue weighted by Crippen LogP contribution is 2.27. The number of hydrogen-bond acceptors (Lipinski definition) is 5. The fourth-order valence-corrected chi connectivity index (χ4v) is 3.60. The number of nitrogens with zero attached hydrogens (tertiary/aromatic N) is 4. The molecule has 0 spiro atoms. The Labute approximate surface area is 160 Å². The van der Waals surface area contributed by atoms with Crippen molar-refractivity contribution >= 4 is 33.4 Å². The van der Waals surface area contributed by atoms with E-state index in [0.717, 1.165) is 23.3 Å². The molecule has 0 saturated heterocycles. The average molecular weight is 377 g/mol. The van der Waals surface area contributed by atoms with Gasteiger partial charge in [-0.2, -0.15) is 0 Å². The summed E-state index contributed by atoms with van der Waals surface area (Å²) in [6, 6.07) is 11.7. The average Bonchev–Trinajstić information content (AvgIpc) is 3.30. The first-order valence-electron chi connectivity index (χ1n) is 8.73. The van der Waals surface area contributed by atoms with E-state index in [-0.39, 0.29) is 5.91 Å². The fraction of sp³-hybridized carbons (Fsp3) is 0.200. The molecule has 0 fully saturated rings. The molecule has 2 heterocycles. The summed E-state index contributed by atoms with van der Waals surface area (Å²) in [6.45, 7) is 6.91. The zero-order chi connectivity index (χ0) is 19.0. The van der Waals surface area contributed by atoms with E-state index in [2.05, 4.69) is 46.6 Å². The quantitative estimate of drug-likeness (QED) is 0.570. The van der Waals surface area contributed by atoms with Gasteiger partial charge in [-0.3, -0.25) is 10.1 Å². The number of anilines is 1. The second-order valence-corrected chi connectivity index (χ2v) is 7.26. The molecule has 4 aromatic rings. The molecule has 136 valence electrons. The molecule has 4 rings (SSSR count). The van der Waals surface area contributed by atoms with Crippen LogP contribution >= 0.6 is 11.3 Å². The van der Waals surface area contributed by atoms with E-state index >= 15 is 0 Å². The van der Waals surface area contributed by atoms with E-state index in [1.807, 2.05) is 24.4 Å². The third-order valence-corrected chi connectivity index (χ3v) is 5.36. The monoisotopic (exact) mass is 377 g/mol. The number of hydrogen-bond donors (Lipinski definition) is 1. The maximum Gasteiger partial charge on any atom is 0.257 e. The summed E-state index contributed by atoms with van der Waals surface area (Å²) in [4.78, 5) is 17.1. The van der Waals surface area contributed by atoms with Crippen LogP contribution in [-0.4, -0.2) is 25.9 Å². The van der Waals surface area contributed by atoms with Gasteiger partial charge in [0.1, 0.15) is 5.52 Å². The van der Waals surface area contributed by atoms with Gasteiger partial charge in [-0.25, -0.2) is 9.67 Å². The van der Waals surface area contributed by atoms with Gasteiger partial charge in [0.25, 0.3) is 5.91 Å². The predicted octanol–water partition coefficient (Wildman–Crippen LogP) is 4.44. The Balaban J connectivity index is 1.55. The van der Waals surface area contributed by atoms with E-state index < -0.39 is 0 Å². The van der Waals surface area contributed by atoms with E-state index in [0.29, 0.717) is 16.2 Å². The summed E-state index contributed by atoms with van der Waals surface area (Å²) in [5, 5.41) is 13.6. The van der Waals surface area contributed by atoms with Crippen molar-refractivity contribution in [2.45, 2.75) is 27.3 Å². The number of rotatable bonds is 4. The van der Waals surface area contributed by atoms with Crippen molar-refractivity contribution in [3.05, 3.63) is 58.5 Å². The van der Waals surface area contributed by atoms with E-state index in [9.17, 15) is 4.79 Å². The van der Waals surface area contributed by atoms with Gasteiger partial charge in [0, 0.05) is 23.1 Å². The Morgan fingerprint density at radius 3 is 2.78 bits per heavy atom. The number of fused-ring (bicyclic) bond motifs is 1. The molecule has 2 aromatic heterocycles. The largest absolute Gasteiger partial charge is 0.298 e. The molecule has 0 saturated carbocycles. The molecule has 6 nitrogen and oxygen atoms in total. The minimum atomic E-state index is -0.205. The summed E-state index contributed by atoms with van der Waals surface area (Å²) >= 11 is 1.41. The summed E-state index contributed by atoms with van der Waals surface area (Å²) < 4.78 is 1.80. The van der Waals surface area contributed by atoms with Crippen LogP contribution in [0.4, 0.5) is 5.13 Å². The number of benzene rings is 2. The molecule has 0 radical (unpaired) electrons. The van der Waals surface area contributed by atoms with Crippen LogP contribution in [0.15, 0.2) is 41.8 Å². The van der Waals surface area contributed by atoms with Crippen molar-refractivity contribution in [3.8, 4) is 11.3 Å². The Morgan fingerprint density at radius 1 is 1.15 bits per heavy atom. The SMILES string of the molecule is CCn1nnc2cc(C(=O)Nc3nc(-c4ccc(C)c(C)c4)cs3)ccc21. The maximum absolute atomic E-state index is 12.6. The predicted molar refractivity (Wildman–Crippen MR) is 108 cm³/mol. The lowest BCUT2D eigenvalue weighted by Gasteiger charge is -2.03. The van der Waals surface area contributed by atoms with E-state index in [4.69, 9.17) is 0 Å². The van der Waals surface area contributed by atoms with Gasteiger partial charge in [-0.05, 0) is 56.2 Å². The lowest BCUT2D eigenvalue weighted by atomic mass is 10.1. The van der Waals surface area contributed by atoms with Crippen molar-refractivity contribution < 1.29 is 4.79 Å². The van der Waals surface area contributed by atoms with Crippen LogP contribution in [0.3, 0.4) is 0 Å². The van der Waals surface area contributed by atoms with Gasteiger partial charge in [0.15, 0.2) is 5.13 Å². The van der Waals surface area contributed by atoms with Gasteiger partial charge in [0.2, 0.25) is 0 Å². The Bertz CT molecular complexity index is 1140. The van der Waals surface area contributed by atoms with Crippen molar-refractivity contribution in [3.63, 3.8) is 0 Å². The van der Waals surface area contributed by atoms with E-state index in [1.54, 1.807) is 16.8 Å². The minimum absolute atomic E-state index is 0.205. The second kappa shape index (κ2) is 6.92. The zero-order valence-corrected chi connectivity index (χ0v) is 16.2. The summed E-state index contributed by atoms with van der Waals surface area (Å²) in [5.74, 6) is -0.205. The second-order valence-electron chi connectivity index (χ2n) is 6.40. The molecule has 0 unspecified atom stereocenters. The van der Waals surface area contributed by atoms with Crippen LogP contribution in [0.1, 0.15) is 28.4 Å². The highest BCUT2D eigenvalue weighted by molar-refractivity contribution is 7.14. The fourth-order valence-electron chi connectivity index (χ4n) is 2.88. The van der Waals surface area contributed by atoms with Crippen LogP contribution in [0.5, 0.6) is 0 Å². The van der Waals surface area contributed by atoms with Crippen molar-refractivity contribution in [2.75, 3.05) is 5.32 Å². The zero-order valence-electron chi connectivity index (χ0n) is 15.4. The number of carbonyl (C=O) groups excluding carboxylic acids is 1. The molecular formula is C20H19N5OS. The molecule has 1 amide bonds. The van der Waals surface area contributed by atoms with Gasteiger partial charge in [-0.15, -0.1) is 16.4 Å². The molecule has 0 aliphatic carbocycles. The first kappa shape index (κ1) is 17.4. The number of aryl methyl sites for hydroxylation is 3. The smallest absolute Gasteiger partial charge is 0.257 e. The van der Waals surface area contributed by atoms with Gasteiger partial charge in [0.05, 0.1) is 11.2 Å². The number of aromatic nitrogens is 4. The molecule has 0 atom stereocenters. The van der Waals surface area contributed by atoms with Crippen LogP contribution < -0.4 is 5.32 Å². The number of amides is 1. The summed E-state index contributed by atoms with van der Waals surface area (Å²) in [7, 11) is 0. The van der Waals surface area contributed by atoms with E-state index in [1.165, 1.54) is 22.5 Å². The lowest BCUT2D eigenvalue weighted by molar-refractivity contribution is 0.102. The van der Waals surface area contributed by atoms with Crippen molar-refractivity contribution in [1.82, 2.24) is 20.0 Å². The summed E-state index contributed by atoms with van der Waals surface area (Å²) in [6.07, 6.45) is 0. The third-order valence-electron chi connectivity index (χ3n) is 4.60. The Kier molecular flexibility index (Phi) is 4.45. The van der Waals surface area contributed by atoms with Gasteiger partial charge >= 0.3 is 0 Å². The molecule has 7 heteroatoms. The van der Waals surface area contributed by atoms with Crippen LogP contribution in [0, 0.1) is 13.8 Å².